The summed E-state index contributed by atoms with van der Waals surface area (Å²) in [5.74, 6) is 0. The van der Waals surface area contributed by atoms with E-state index in [4.69, 9.17) is 0 Å². The summed E-state index contributed by atoms with van der Waals surface area (Å²) in [6.45, 7) is 9.51. The average Bonchev–Trinajstić information content (AvgIpc) is 3.42. The molecule has 46 heavy (non-hydrogen) atoms. The number of hydrogen-bond acceptors (Lipinski definition) is 2. The van der Waals surface area contributed by atoms with Gasteiger partial charge in [-0.05, 0) is 81.9 Å². The van der Waals surface area contributed by atoms with E-state index in [0.29, 0.717) is 5.56 Å². The molecule has 0 unspecified atom stereocenters. The molecule has 0 bridgehead atoms. The zero-order valence-corrected chi connectivity index (χ0v) is 26.5. The van der Waals surface area contributed by atoms with Crippen LogP contribution in [0.25, 0.3) is 38.6 Å². The van der Waals surface area contributed by atoms with Gasteiger partial charge in [-0.1, -0.05) is 107 Å². The van der Waals surface area contributed by atoms with Crippen LogP contribution in [0.5, 0.6) is 0 Å². The van der Waals surface area contributed by atoms with Gasteiger partial charge < -0.3 is 9.47 Å². The van der Waals surface area contributed by atoms with Crippen molar-refractivity contribution in [2.24, 2.45) is 0 Å². The lowest BCUT2D eigenvalue weighted by molar-refractivity contribution is 0.593. The summed E-state index contributed by atoms with van der Waals surface area (Å²) in [5, 5.41) is 12.1. The molecule has 0 N–H and O–H groups in total. The van der Waals surface area contributed by atoms with Crippen molar-refractivity contribution in [2.45, 2.75) is 38.5 Å². The summed E-state index contributed by atoms with van der Waals surface area (Å²) >= 11 is 0. The van der Waals surface area contributed by atoms with E-state index < -0.39 is 0 Å². The van der Waals surface area contributed by atoms with Crippen LogP contribution in [0.4, 0.5) is 17.1 Å². The van der Waals surface area contributed by atoms with Crippen molar-refractivity contribution in [1.29, 1.82) is 5.26 Å². The van der Waals surface area contributed by atoms with Gasteiger partial charge in [-0.2, -0.15) is 5.26 Å². The average molecular weight is 592 g/mol. The van der Waals surface area contributed by atoms with E-state index >= 15 is 0 Å². The predicted octanol–water partition coefficient (Wildman–Crippen LogP) is 11.1. The highest BCUT2D eigenvalue weighted by atomic mass is 15.1. The molecule has 220 valence electrons. The van der Waals surface area contributed by atoms with Crippen LogP contribution in [0.3, 0.4) is 0 Å². The highest BCUT2D eigenvalue weighted by molar-refractivity contribution is 6.15. The van der Waals surface area contributed by atoms with Crippen LogP contribution in [-0.4, -0.2) is 4.57 Å². The van der Waals surface area contributed by atoms with Crippen LogP contribution >= 0.6 is 0 Å². The Morgan fingerprint density at radius 3 is 1.76 bits per heavy atom. The zero-order valence-electron chi connectivity index (χ0n) is 26.5. The second-order valence-electron chi connectivity index (χ2n) is 13.8. The first-order chi connectivity index (χ1) is 22.3. The maximum Gasteiger partial charge on any atom is 0.0991 e. The number of nitrogens with zero attached hydrogens (tertiary/aromatic N) is 3. The Labute approximate surface area is 269 Å². The van der Waals surface area contributed by atoms with Gasteiger partial charge in [0.2, 0.25) is 0 Å². The summed E-state index contributed by atoms with van der Waals surface area (Å²) < 4.78 is 2.57. The number of hydrogen-bond donors (Lipinski definition) is 0. The van der Waals surface area contributed by atoms with Crippen molar-refractivity contribution in [3.8, 4) is 22.9 Å². The molecule has 1 aromatic heterocycles. The first-order valence-electron chi connectivity index (χ1n) is 16.0. The summed E-state index contributed by atoms with van der Waals surface area (Å²) in [7, 11) is 0. The van der Waals surface area contributed by atoms with Crippen molar-refractivity contribution in [3.63, 3.8) is 0 Å². The highest BCUT2D eigenvalue weighted by Gasteiger charge is 2.43. The molecule has 3 heterocycles. The molecule has 2 aliphatic heterocycles. The van der Waals surface area contributed by atoms with Crippen LogP contribution in [-0.2, 0) is 10.8 Å². The van der Waals surface area contributed by atoms with Crippen LogP contribution in [0, 0.1) is 11.3 Å². The van der Waals surface area contributed by atoms with E-state index in [1.165, 1.54) is 60.9 Å². The molecule has 0 aliphatic carbocycles. The smallest absolute Gasteiger partial charge is 0.0991 e. The van der Waals surface area contributed by atoms with Crippen molar-refractivity contribution in [2.75, 3.05) is 4.90 Å². The molecule has 0 radical (unpaired) electrons. The Bertz CT molecular complexity index is 2400. The van der Waals surface area contributed by atoms with Gasteiger partial charge in [0.1, 0.15) is 0 Å². The SMILES string of the molecule is CC1(C)c2cccc3c2-n2c4c1cccc4c1cc(N(c4ccc(C#N)cc4)c4ccc(-c5ccccc5)cc4)cc(c12)C3(C)C. The van der Waals surface area contributed by atoms with Crippen LogP contribution in [0.15, 0.2) is 127 Å². The minimum atomic E-state index is -0.217. The van der Waals surface area contributed by atoms with Crippen molar-refractivity contribution in [1.82, 2.24) is 4.57 Å². The molecular weight excluding hydrogens is 558 g/mol. The van der Waals surface area contributed by atoms with Gasteiger partial charge in [-0.15, -0.1) is 0 Å². The maximum atomic E-state index is 9.57. The van der Waals surface area contributed by atoms with Gasteiger partial charge in [-0.3, -0.25) is 0 Å². The molecule has 3 nitrogen and oxygen atoms in total. The fourth-order valence-electron chi connectivity index (χ4n) is 8.16. The Kier molecular flexibility index (Phi) is 5.37. The van der Waals surface area contributed by atoms with E-state index in [0.717, 1.165) is 17.1 Å². The number of aromatic nitrogens is 1. The normalized spacial score (nSPS) is 14.8. The summed E-state index contributed by atoms with van der Waals surface area (Å²) in [6.07, 6.45) is 0. The number of benzene rings is 6. The molecule has 0 amide bonds. The monoisotopic (exact) mass is 591 g/mol. The number of fused-ring (bicyclic) bond motifs is 1. The largest absolute Gasteiger partial charge is 0.310 e. The number of para-hydroxylation sites is 2. The Morgan fingerprint density at radius 1 is 0.522 bits per heavy atom. The molecule has 0 atom stereocenters. The summed E-state index contributed by atoms with van der Waals surface area (Å²) in [6, 6.07) is 48.1. The standard InChI is InChI=1S/C43H33N3/c1-42(2)35-13-8-12-33-34-24-32(25-38-40(34)46(39(33)35)41-36(42)14-9-15-37(41)43(38,3)4)45(30-20-16-27(26-44)17-21-30)31-22-18-29(19-23-31)28-10-6-5-7-11-28/h5-25H,1-4H3. The van der Waals surface area contributed by atoms with Crippen molar-refractivity contribution >= 4 is 38.9 Å². The van der Waals surface area contributed by atoms with Gasteiger partial charge in [0.15, 0.2) is 0 Å². The minimum absolute atomic E-state index is 0.110. The molecule has 7 aromatic rings. The van der Waals surface area contributed by atoms with Crippen molar-refractivity contribution < 1.29 is 0 Å². The molecule has 3 heteroatoms. The third-order valence-corrected chi connectivity index (χ3v) is 10.6. The third kappa shape index (κ3) is 3.47. The fraction of sp³-hybridized carbons (Fsp3) is 0.140. The Hall–Kier alpha value is -5.59. The molecule has 0 fully saturated rings. The fourth-order valence-corrected chi connectivity index (χ4v) is 8.16. The van der Waals surface area contributed by atoms with Crippen LogP contribution in [0.2, 0.25) is 0 Å². The van der Waals surface area contributed by atoms with Gasteiger partial charge in [0.25, 0.3) is 0 Å². The van der Waals surface area contributed by atoms with Crippen LogP contribution in [0.1, 0.15) is 55.5 Å². The highest BCUT2D eigenvalue weighted by Crippen LogP contribution is 2.56. The second-order valence-corrected chi connectivity index (χ2v) is 13.8. The number of nitriles is 1. The Balaban J connectivity index is 1.35. The summed E-state index contributed by atoms with van der Waals surface area (Å²) in [4.78, 5) is 2.34. The quantitative estimate of drug-likeness (QED) is 0.204. The van der Waals surface area contributed by atoms with Gasteiger partial charge >= 0.3 is 0 Å². The van der Waals surface area contributed by atoms with E-state index in [9.17, 15) is 5.26 Å². The molecule has 0 saturated carbocycles. The lowest BCUT2D eigenvalue weighted by atomic mass is 9.68. The van der Waals surface area contributed by atoms with E-state index in [-0.39, 0.29) is 10.8 Å². The van der Waals surface area contributed by atoms with Gasteiger partial charge in [0, 0.05) is 38.7 Å². The van der Waals surface area contributed by atoms with E-state index in [1.807, 2.05) is 12.1 Å². The molecule has 0 spiro atoms. The van der Waals surface area contributed by atoms with Crippen molar-refractivity contribution in [3.05, 3.63) is 155 Å². The van der Waals surface area contributed by atoms with Gasteiger partial charge in [-0.25, -0.2) is 0 Å². The Morgan fingerprint density at radius 2 is 1.09 bits per heavy atom. The first-order valence-corrected chi connectivity index (χ1v) is 16.0. The number of anilines is 3. The predicted molar refractivity (Wildman–Crippen MR) is 190 cm³/mol. The van der Waals surface area contributed by atoms with E-state index in [2.05, 4.69) is 158 Å². The minimum Gasteiger partial charge on any atom is -0.310 e. The number of rotatable bonds is 4. The zero-order chi connectivity index (χ0) is 31.4. The lowest BCUT2D eigenvalue weighted by Crippen LogP contribution is -2.33. The molecule has 6 aromatic carbocycles. The molecule has 0 saturated heterocycles. The topological polar surface area (TPSA) is 32.0 Å². The second kappa shape index (κ2) is 9.22. The van der Waals surface area contributed by atoms with E-state index in [1.54, 1.807) is 0 Å². The first kappa shape index (κ1) is 26.8. The molecular formula is C43H33N3. The van der Waals surface area contributed by atoms with Gasteiger partial charge in [0.05, 0.1) is 28.4 Å². The third-order valence-electron chi connectivity index (χ3n) is 10.6. The molecule has 2 aliphatic rings. The molecule has 9 rings (SSSR count). The lowest BCUT2D eigenvalue weighted by Gasteiger charge is -2.42. The van der Waals surface area contributed by atoms with Crippen LogP contribution < -0.4 is 4.90 Å². The summed E-state index contributed by atoms with van der Waals surface area (Å²) in [5.41, 5.74) is 15.4. The maximum absolute atomic E-state index is 9.57.